The van der Waals surface area contributed by atoms with E-state index in [1.54, 1.807) is 11.3 Å². The molecule has 1 aliphatic rings. The molecule has 4 N–H and O–H groups in total. The van der Waals surface area contributed by atoms with E-state index in [-0.39, 0.29) is 5.91 Å². The molecule has 2 aromatic rings. The van der Waals surface area contributed by atoms with Gasteiger partial charge in [-0.25, -0.2) is 0 Å². The fourth-order valence-corrected chi connectivity index (χ4v) is 3.29. The maximum absolute atomic E-state index is 12.1. The predicted molar refractivity (Wildman–Crippen MR) is 72.0 cm³/mol. The Morgan fingerprint density at radius 2 is 2.39 bits per heavy atom. The standard InChI is InChI=1S/C12H14N4OS/c1-6-10(13)11(16-15-6)14-12(17)9-5-7-3-2-4-8(7)18-9/h5H,2-4,13H2,1H3,(H2,14,15,16,17). The highest BCUT2D eigenvalue weighted by atomic mass is 32.1. The van der Waals surface area contributed by atoms with Gasteiger partial charge in [0.05, 0.1) is 16.3 Å². The maximum Gasteiger partial charge on any atom is 0.267 e. The van der Waals surface area contributed by atoms with Crippen molar-refractivity contribution in [1.29, 1.82) is 0 Å². The van der Waals surface area contributed by atoms with Gasteiger partial charge in [-0.15, -0.1) is 11.3 Å². The number of fused-ring (bicyclic) bond motifs is 1. The van der Waals surface area contributed by atoms with Gasteiger partial charge in [0.15, 0.2) is 5.82 Å². The van der Waals surface area contributed by atoms with E-state index >= 15 is 0 Å². The quantitative estimate of drug-likeness (QED) is 0.775. The average molecular weight is 262 g/mol. The van der Waals surface area contributed by atoms with Crippen LogP contribution in [0.25, 0.3) is 0 Å². The number of nitrogens with two attached hydrogens (primary N) is 1. The van der Waals surface area contributed by atoms with E-state index in [4.69, 9.17) is 5.73 Å². The molecular weight excluding hydrogens is 248 g/mol. The van der Waals surface area contributed by atoms with Crippen LogP contribution in [-0.4, -0.2) is 16.1 Å². The average Bonchev–Trinajstić information content (AvgIpc) is 2.98. The van der Waals surface area contributed by atoms with E-state index < -0.39 is 0 Å². The van der Waals surface area contributed by atoms with Crippen LogP contribution >= 0.6 is 11.3 Å². The zero-order valence-electron chi connectivity index (χ0n) is 10.0. The Bertz CT molecular complexity index is 592. The number of aromatic nitrogens is 2. The molecule has 0 fully saturated rings. The first-order valence-electron chi connectivity index (χ1n) is 5.88. The Morgan fingerprint density at radius 3 is 3.06 bits per heavy atom. The number of carbonyl (C=O) groups is 1. The van der Waals surface area contributed by atoms with E-state index in [0.717, 1.165) is 23.4 Å². The van der Waals surface area contributed by atoms with Crippen molar-refractivity contribution in [3.63, 3.8) is 0 Å². The molecular formula is C12H14N4OS. The molecule has 0 radical (unpaired) electrons. The van der Waals surface area contributed by atoms with Crippen LogP contribution in [-0.2, 0) is 12.8 Å². The summed E-state index contributed by atoms with van der Waals surface area (Å²) in [5.41, 5.74) is 8.37. The largest absolute Gasteiger partial charge is 0.394 e. The Kier molecular flexibility index (Phi) is 2.59. The van der Waals surface area contributed by atoms with E-state index in [1.807, 2.05) is 13.0 Å². The summed E-state index contributed by atoms with van der Waals surface area (Å²) in [5, 5.41) is 9.45. The first kappa shape index (κ1) is 11.3. The Labute approximate surface area is 108 Å². The van der Waals surface area contributed by atoms with Crippen LogP contribution in [0.4, 0.5) is 11.5 Å². The molecule has 94 valence electrons. The minimum Gasteiger partial charge on any atom is -0.394 e. The van der Waals surface area contributed by atoms with E-state index in [2.05, 4.69) is 15.5 Å². The molecule has 18 heavy (non-hydrogen) atoms. The van der Waals surface area contributed by atoms with Gasteiger partial charge in [-0.1, -0.05) is 0 Å². The summed E-state index contributed by atoms with van der Waals surface area (Å²) in [6.07, 6.45) is 3.38. The summed E-state index contributed by atoms with van der Waals surface area (Å²) in [6.45, 7) is 1.82. The molecule has 0 bridgehead atoms. The molecule has 0 unspecified atom stereocenters. The number of amides is 1. The van der Waals surface area contributed by atoms with Gasteiger partial charge in [-0.2, -0.15) is 5.10 Å². The zero-order valence-corrected chi connectivity index (χ0v) is 10.9. The lowest BCUT2D eigenvalue weighted by atomic mass is 10.2. The number of thiophene rings is 1. The molecule has 0 aliphatic heterocycles. The Hall–Kier alpha value is -1.82. The highest BCUT2D eigenvalue weighted by molar-refractivity contribution is 7.14. The van der Waals surface area contributed by atoms with E-state index in [0.29, 0.717) is 11.5 Å². The lowest BCUT2D eigenvalue weighted by Crippen LogP contribution is -2.11. The molecule has 1 aliphatic carbocycles. The zero-order chi connectivity index (χ0) is 12.7. The second kappa shape index (κ2) is 4.13. The van der Waals surface area contributed by atoms with Gasteiger partial charge < -0.3 is 11.1 Å². The molecule has 0 saturated carbocycles. The van der Waals surface area contributed by atoms with Gasteiger partial charge in [0.1, 0.15) is 0 Å². The lowest BCUT2D eigenvalue weighted by molar-refractivity contribution is 0.103. The highest BCUT2D eigenvalue weighted by Gasteiger charge is 2.19. The summed E-state index contributed by atoms with van der Waals surface area (Å²) in [7, 11) is 0. The molecule has 6 heteroatoms. The lowest BCUT2D eigenvalue weighted by Gasteiger charge is -2.00. The maximum atomic E-state index is 12.1. The predicted octanol–water partition coefficient (Wildman–Crippen LogP) is 2.10. The number of hydrogen-bond donors (Lipinski definition) is 3. The van der Waals surface area contributed by atoms with Gasteiger partial charge in [0.2, 0.25) is 0 Å². The number of carbonyl (C=O) groups excluding carboxylic acids is 1. The van der Waals surface area contributed by atoms with E-state index in [1.165, 1.54) is 16.9 Å². The van der Waals surface area contributed by atoms with Gasteiger partial charge >= 0.3 is 0 Å². The normalized spacial score (nSPS) is 13.6. The van der Waals surface area contributed by atoms with Gasteiger partial charge in [-0.05, 0) is 37.8 Å². The molecule has 3 rings (SSSR count). The van der Waals surface area contributed by atoms with Crippen LogP contribution in [0.15, 0.2) is 6.07 Å². The number of aromatic amines is 1. The second-order valence-electron chi connectivity index (χ2n) is 4.48. The third kappa shape index (κ3) is 1.78. The first-order chi connectivity index (χ1) is 8.65. The molecule has 0 aromatic carbocycles. The van der Waals surface area contributed by atoms with Crippen molar-refractivity contribution >= 4 is 28.7 Å². The van der Waals surface area contributed by atoms with Crippen LogP contribution in [0.2, 0.25) is 0 Å². The third-order valence-corrected chi connectivity index (χ3v) is 4.43. The van der Waals surface area contributed by atoms with Crippen molar-refractivity contribution < 1.29 is 4.79 Å². The van der Waals surface area contributed by atoms with Crippen molar-refractivity contribution in [2.24, 2.45) is 0 Å². The number of hydrogen-bond acceptors (Lipinski definition) is 4. The van der Waals surface area contributed by atoms with Crippen LogP contribution in [0.5, 0.6) is 0 Å². The fraction of sp³-hybridized carbons (Fsp3) is 0.333. The number of aryl methyl sites for hydroxylation is 3. The molecule has 0 saturated heterocycles. The Morgan fingerprint density at radius 1 is 1.56 bits per heavy atom. The molecule has 1 amide bonds. The van der Waals surface area contributed by atoms with Crippen molar-refractivity contribution in [1.82, 2.24) is 10.2 Å². The number of nitrogens with one attached hydrogen (secondary N) is 2. The number of anilines is 2. The SMILES string of the molecule is Cc1[nH]nc(NC(=O)c2cc3c(s2)CCC3)c1N. The van der Waals surface area contributed by atoms with Crippen LogP contribution in [0.1, 0.15) is 32.2 Å². The minimum atomic E-state index is -0.132. The molecule has 2 aromatic heterocycles. The first-order valence-corrected chi connectivity index (χ1v) is 6.70. The summed E-state index contributed by atoms with van der Waals surface area (Å²) in [4.78, 5) is 14.1. The molecule has 0 atom stereocenters. The van der Waals surface area contributed by atoms with Crippen LogP contribution in [0.3, 0.4) is 0 Å². The second-order valence-corrected chi connectivity index (χ2v) is 5.61. The molecule has 0 spiro atoms. The number of rotatable bonds is 2. The van der Waals surface area contributed by atoms with Gasteiger partial charge in [0.25, 0.3) is 5.91 Å². The summed E-state index contributed by atoms with van der Waals surface area (Å²) in [6, 6.07) is 1.98. The fourth-order valence-electron chi connectivity index (χ4n) is 2.14. The summed E-state index contributed by atoms with van der Waals surface area (Å²) < 4.78 is 0. The summed E-state index contributed by atoms with van der Waals surface area (Å²) >= 11 is 1.57. The van der Waals surface area contributed by atoms with Gasteiger partial charge in [-0.3, -0.25) is 9.89 Å². The van der Waals surface area contributed by atoms with Crippen molar-refractivity contribution in [2.75, 3.05) is 11.1 Å². The van der Waals surface area contributed by atoms with Gasteiger partial charge in [0, 0.05) is 4.88 Å². The minimum absolute atomic E-state index is 0.132. The monoisotopic (exact) mass is 262 g/mol. The van der Waals surface area contributed by atoms with Crippen LogP contribution in [0, 0.1) is 6.92 Å². The number of nitrogen functional groups attached to an aromatic ring is 1. The molecule has 5 nitrogen and oxygen atoms in total. The summed E-state index contributed by atoms with van der Waals surface area (Å²) in [5.74, 6) is 0.277. The topological polar surface area (TPSA) is 83.8 Å². The van der Waals surface area contributed by atoms with Crippen LogP contribution < -0.4 is 11.1 Å². The number of nitrogens with zero attached hydrogens (tertiary/aromatic N) is 1. The van der Waals surface area contributed by atoms with E-state index in [9.17, 15) is 4.79 Å². The van der Waals surface area contributed by atoms with Crippen molar-refractivity contribution in [3.05, 3.63) is 27.1 Å². The van der Waals surface area contributed by atoms with Crippen molar-refractivity contribution in [2.45, 2.75) is 26.2 Å². The van der Waals surface area contributed by atoms with Crippen molar-refractivity contribution in [3.8, 4) is 0 Å². The highest BCUT2D eigenvalue weighted by Crippen LogP contribution is 2.31. The Balaban J connectivity index is 1.80. The number of H-pyrrole nitrogens is 1. The third-order valence-electron chi connectivity index (χ3n) is 3.20. The smallest absolute Gasteiger partial charge is 0.267 e. The molecule has 2 heterocycles.